The number of carbonyl (C=O) groups excluding carboxylic acids is 3. The molecular weight excluding hydrogens is 464 g/mol. The molecule has 3 amide bonds. The first-order valence-corrected chi connectivity index (χ1v) is 11.9. The van der Waals surface area contributed by atoms with Gasteiger partial charge in [0.1, 0.15) is 0 Å². The molecule has 1 aliphatic carbocycles. The van der Waals surface area contributed by atoms with Crippen LogP contribution < -0.4 is 14.8 Å². The molecule has 170 valence electrons. The quantitative estimate of drug-likeness (QED) is 0.614. The average molecular weight is 485 g/mol. The highest BCUT2D eigenvalue weighted by Crippen LogP contribution is 2.44. The number of carbonyl (C=O) groups is 3. The van der Waals surface area contributed by atoms with Gasteiger partial charge in [0.05, 0.1) is 10.3 Å². The minimum absolute atomic E-state index is 0.0982. The molecule has 2 heterocycles. The van der Waals surface area contributed by atoms with Crippen molar-refractivity contribution in [3.05, 3.63) is 63.5 Å². The van der Waals surface area contributed by atoms with Gasteiger partial charge in [-0.15, -0.1) is 0 Å². The fourth-order valence-corrected chi connectivity index (χ4v) is 5.32. The normalized spacial score (nSPS) is 19.7. The number of thioether (sulfide) groups is 1. The van der Waals surface area contributed by atoms with Gasteiger partial charge in [0.25, 0.3) is 11.1 Å². The van der Waals surface area contributed by atoms with Crippen LogP contribution in [0.2, 0.25) is 5.02 Å². The molecule has 3 aliphatic rings. The molecule has 0 atom stereocenters. The molecule has 2 aromatic rings. The summed E-state index contributed by atoms with van der Waals surface area (Å²) in [5.41, 5.74) is 1.05. The number of amides is 3. The third-order valence-corrected chi connectivity index (χ3v) is 7.35. The van der Waals surface area contributed by atoms with Gasteiger partial charge in [-0.1, -0.05) is 36.2 Å². The molecule has 2 aromatic carbocycles. The summed E-state index contributed by atoms with van der Waals surface area (Å²) in [7, 11) is 0. The summed E-state index contributed by atoms with van der Waals surface area (Å²) in [6.45, 7) is 0.469. The summed E-state index contributed by atoms with van der Waals surface area (Å²) in [5, 5.41) is 3.16. The summed E-state index contributed by atoms with van der Waals surface area (Å²) in [6.07, 6.45) is 4.12. The summed E-state index contributed by atoms with van der Waals surface area (Å²) >= 11 is 7.01. The van der Waals surface area contributed by atoms with Gasteiger partial charge in [-0.2, -0.15) is 0 Å². The minimum atomic E-state index is -0.594. The van der Waals surface area contributed by atoms with Crippen LogP contribution in [0.25, 0.3) is 6.08 Å². The maximum Gasteiger partial charge on any atom is 0.293 e. The molecule has 0 bridgehead atoms. The van der Waals surface area contributed by atoms with Crippen molar-refractivity contribution in [2.45, 2.75) is 24.7 Å². The SMILES string of the molecule is O=C1S/C(=C\c2ccc3c(c2)OCO3)C(=O)N1CCNC(=O)C1(c2cccc(Cl)c2)CCC1. The Hall–Kier alpha value is -2.97. The van der Waals surface area contributed by atoms with Crippen molar-refractivity contribution in [3.8, 4) is 11.5 Å². The van der Waals surface area contributed by atoms with Gasteiger partial charge in [0.15, 0.2) is 11.5 Å². The predicted octanol–water partition coefficient (Wildman–Crippen LogP) is 4.34. The molecule has 1 saturated carbocycles. The first-order valence-electron chi connectivity index (χ1n) is 10.7. The molecule has 1 N–H and O–H groups in total. The van der Waals surface area contributed by atoms with Gasteiger partial charge in [0.2, 0.25) is 12.7 Å². The van der Waals surface area contributed by atoms with Crippen LogP contribution in [0.15, 0.2) is 47.4 Å². The second-order valence-corrected chi connectivity index (χ2v) is 9.58. The van der Waals surface area contributed by atoms with Crippen molar-refractivity contribution in [2.24, 2.45) is 0 Å². The topological polar surface area (TPSA) is 84.9 Å². The van der Waals surface area contributed by atoms with Crippen molar-refractivity contribution >= 4 is 46.5 Å². The van der Waals surface area contributed by atoms with E-state index in [2.05, 4.69) is 5.32 Å². The van der Waals surface area contributed by atoms with Crippen LogP contribution in [0.3, 0.4) is 0 Å². The molecule has 0 aromatic heterocycles. The van der Waals surface area contributed by atoms with E-state index in [4.69, 9.17) is 21.1 Å². The Morgan fingerprint density at radius 3 is 2.73 bits per heavy atom. The number of fused-ring (bicyclic) bond motifs is 1. The molecule has 2 fully saturated rings. The van der Waals surface area contributed by atoms with Gasteiger partial charge in [-0.05, 0) is 66.1 Å². The van der Waals surface area contributed by atoms with Gasteiger partial charge < -0.3 is 14.8 Å². The highest BCUT2D eigenvalue weighted by Gasteiger charge is 2.45. The number of hydrogen-bond acceptors (Lipinski definition) is 6. The van der Waals surface area contributed by atoms with E-state index in [1.165, 1.54) is 0 Å². The number of imide groups is 1. The number of benzene rings is 2. The fourth-order valence-electron chi connectivity index (χ4n) is 4.26. The first-order chi connectivity index (χ1) is 16.0. The maximum absolute atomic E-state index is 13.0. The largest absolute Gasteiger partial charge is 0.454 e. The van der Waals surface area contributed by atoms with Crippen molar-refractivity contribution in [1.82, 2.24) is 10.2 Å². The lowest BCUT2D eigenvalue weighted by Crippen LogP contribution is -2.50. The number of ether oxygens (including phenoxy) is 2. The van der Waals surface area contributed by atoms with Crippen molar-refractivity contribution in [3.63, 3.8) is 0 Å². The Labute approximate surface area is 200 Å². The highest BCUT2D eigenvalue weighted by atomic mass is 35.5. The third kappa shape index (κ3) is 4.09. The molecule has 1 saturated heterocycles. The van der Waals surface area contributed by atoms with E-state index in [1.54, 1.807) is 30.3 Å². The Morgan fingerprint density at radius 2 is 1.97 bits per heavy atom. The maximum atomic E-state index is 13.0. The lowest BCUT2D eigenvalue weighted by atomic mass is 9.64. The molecular formula is C24H21ClN2O5S. The lowest BCUT2D eigenvalue weighted by Gasteiger charge is -2.41. The van der Waals surface area contributed by atoms with Crippen LogP contribution >= 0.6 is 23.4 Å². The van der Waals surface area contributed by atoms with E-state index >= 15 is 0 Å². The van der Waals surface area contributed by atoms with Gasteiger partial charge in [0, 0.05) is 18.1 Å². The molecule has 9 heteroatoms. The molecule has 0 unspecified atom stereocenters. The van der Waals surface area contributed by atoms with E-state index in [9.17, 15) is 14.4 Å². The number of nitrogens with one attached hydrogen (secondary N) is 1. The smallest absolute Gasteiger partial charge is 0.293 e. The van der Waals surface area contributed by atoms with E-state index in [0.717, 1.165) is 47.1 Å². The van der Waals surface area contributed by atoms with Crippen LogP contribution in [0.4, 0.5) is 4.79 Å². The highest BCUT2D eigenvalue weighted by molar-refractivity contribution is 8.18. The summed E-state index contributed by atoms with van der Waals surface area (Å²) in [4.78, 5) is 39.7. The Morgan fingerprint density at radius 1 is 1.15 bits per heavy atom. The van der Waals surface area contributed by atoms with Crippen LogP contribution in [0.5, 0.6) is 11.5 Å². The van der Waals surface area contributed by atoms with Crippen LogP contribution in [-0.2, 0) is 15.0 Å². The number of rotatable bonds is 6. The Balaban J connectivity index is 1.22. The zero-order chi connectivity index (χ0) is 23.0. The average Bonchev–Trinajstić information content (AvgIpc) is 3.32. The molecule has 33 heavy (non-hydrogen) atoms. The summed E-state index contributed by atoms with van der Waals surface area (Å²) in [6, 6.07) is 12.7. The van der Waals surface area contributed by atoms with Gasteiger partial charge in [-0.25, -0.2) is 0 Å². The second kappa shape index (κ2) is 8.76. The van der Waals surface area contributed by atoms with Gasteiger partial charge >= 0.3 is 0 Å². The Bertz CT molecular complexity index is 1180. The summed E-state index contributed by atoms with van der Waals surface area (Å²) < 4.78 is 10.7. The van der Waals surface area contributed by atoms with Crippen molar-refractivity contribution in [1.29, 1.82) is 0 Å². The third-order valence-electron chi connectivity index (χ3n) is 6.21. The number of halogens is 1. The fraction of sp³-hybridized carbons (Fsp3) is 0.292. The predicted molar refractivity (Wildman–Crippen MR) is 125 cm³/mol. The molecule has 2 aliphatic heterocycles. The molecule has 7 nitrogen and oxygen atoms in total. The second-order valence-electron chi connectivity index (χ2n) is 8.15. The zero-order valence-electron chi connectivity index (χ0n) is 17.6. The number of nitrogens with zero attached hydrogens (tertiary/aromatic N) is 1. The summed E-state index contributed by atoms with van der Waals surface area (Å²) in [5.74, 6) is 0.789. The van der Waals surface area contributed by atoms with Crippen molar-refractivity contribution in [2.75, 3.05) is 19.9 Å². The zero-order valence-corrected chi connectivity index (χ0v) is 19.2. The number of hydrogen-bond donors (Lipinski definition) is 1. The van der Waals surface area contributed by atoms with Crippen molar-refractivity contribution < 1.29 is 23.9 Å². The molecule has 0 spiro atoms. The van der Waals surface area contributed by atoms with E-state index in [-0.39, 0.29) is 36.9 Å². The van der Waals surface area contributed by atoms with E-state index in [0.29, 0.717) is 21.4 Å². The minimum Gasteiger partial charge on any atom is -0.454 e. The van der Waals surface area contributed by atoms with Gasteiger partial charge in [-0.3, -0.25) is 19.3 Å². The standard InChI is InChI=1S/C24H21ClN2O5S/c25-17-4-1-3-16(13-17)24(7-2-8-24)22(29)26-9-10-27-21(28)20(33-23(27)30)12-15-5-6-18-19(11-15)32-14-31-18/h1,3-6,11-13H,2,7-10,14H2,(H,26,29)/b20-12-. The van der Waals surface area contributed by atoms with Crippen LogP contribution in [0, 0.1) is 0 Å². The molecule has 5 rings (SSSR count). The van der Waals surface area contributed by atoms with Crippen LogP contribution in [-0.4, -0.2) is 41.8 Å². The first kappa shape index (κ1) is 21.9. The van der Waals surface area contributed by atoms with E-state index in [1.807, 2.05) is 18.2 Å². The monoisotopic (exact) mass is 484 g/mol. The molecule has 0 radical (unpaired) electrons. The van der Waals surface area contributed by atoms with E-state index < -0.39 is 5.41 Å². The lowest BCUT2D eigenvalue weighted by molar-refractivity contribution is -0.130. The Kier molecular flexibility index (Phi) is 5.80. The van der Waals surface area contributed by atoms with Crippen LogP contribution in [0.1, 0.15) is 30.4 Å².